The highest BCUT2D eigenvalue weighted by Crippen LogP contribution is 2.31. The van der Waals surface area contributed by atoms with Gasteiger partial charge in [0, 0.05) is 6.04 Å². The number of hydrogen-bond acceptors (Lipinski definition) is 3. The van der Waals surface area contributed by atoms with Gasteiger partial charge in [-0.05, 0) is 37.1 Å². The molecule has 1 heterocycles. The second kappa shape index (κ2) is 6.47. The Hall–Kier alpha value is -1.95. The van der Waals surface area contributed by atoms with E-state index in [1.165, 1.54) is 12.1 Å². The third-order valence-corrected chi connectivity index (χ3v) is 3.38. The van der Waals surface area contributed by atoms with E-state index < -0.39 is 5.97 Å². The highest BCUT2D eigenvalue weighted by Gasteiger charge is 2.27. The molecule has 1 amide bonds. The van der Waals surface area contributed by atoms with E-state index >= 15 is 0 Å². The van der Waals surface area contributed by atoms with Crippen LogP contribution in [0.3, 0.4) is 0 Å². The molecular weight excluding hydrogens is 263 g/mol. The zero-order chi connectivity index (χ0) is 14.5. The summed E-state index contributed by atoms with van der Waals surface area (Å²) >= 11 is 0. The molecule has 1 fully saturated rings. The Kier molecular flexibility index (Phi) is 4.68. The van der Waals surface area contributed by atoms with Crippen LogP contribution < -0.4 is 5.32 Å². The molecule has 2 rings (SSSR count). The van der Waals surface area contributed by atoms with Crippen molar-refractivity contribution in [3.05, 3.63) is 35.6 Å². The molecular formula is C14H17FN2O3. The largest absolute Gasteiger partial charge is 0.480 e. The second-order valence-electron chi connectivity index (χ2n) is 4.85. The maximum Gasteiger partial charge on any atom is 0.322 e. The van der Waals surface area contributed by atoms with Crippen molar-refractivity contribution in [2.24, 2.45) is 0 Å². The number of hydrogen-bond donors (Lipinski definition) is 2. The lowest BCUT2D eigenvalue weighted by Crippen LogP contribution is -2.39. The van der Waals surface area contributed by atoms with Gasteiger partial charge in [-0.2, -0.15) is 0 Å². The molecule has 0 radical (unpaired) electrons. The number of aliphatic carboxylic acids is 1. The molecule has 0 spiro atoms. The standard InChI is InChI=1S/C14H17FN2O3/c15-11-4-1-3-10(7-11)12-5-2-6-17(12)9-13(18)16-8-14(19)20/h1,3-4,7,12H,2,5-6,8-9H2,(H,16,18)(H,19,20). The van der Waals surface area contributed by atoms with Gasteiger partial charge in [-0.1, -0.05) is 12.1 Å². The number of carboxylic acids is 1. The maximum atomic E-state index is 13.3. The number of carboxylic acid groups (broad SMARTS) is 1. The summed E-state index contributed by atoms with van der Waals surface area (Å²) < 4.78 is 13.3. The smallest absolute Gasteiger partial charge is 0.322 e. The molecule has 20 heavy (non-hydrogen) atoms. The van der Waals surface area contributed by atoms with Crippen molar-refractivity contribution in [1.82, 2.24) is 10.2 Å². The van der Waals surface area contributed by atoms with E-state index in [-0.39, 0.29) is 30.9 Å². The summed E-state index contributed by atoms with van der Waals surface area (Å²) in [5.74, 6) is -1.68. The minimum Gasteiger partial charge on any atom is -0.480 e. The Morgan fingerprint density at radius 2 is 2.25 bits per heavy atom. The number of benzene rings is 1. The molecule has 108 valence electrons. The van der Waals surface area contributed by atoms with Crippen LogP contribution in [-0.2, 0) is 9.59 Å². The molecule has 1 atom stereocenters. The summed E-state index contributed by atoms with van der Waals surface area (Å²) in [6.45, 7) is 0.507. The quantitative estimate of drug-likeness (QED) is 0.849. The molecule has 1 aromatic carbocycles. The lowest BCUT2D eigenvalue weighted by atomic mass is 10.0. The van der Waals surface area contributed by atoms with E-state index in [0.29, 0.717) is 0 Å². The summed E-state index contributed by atoms with van der Waals surface area (Å²) in [7, 11) is 0. The summed E-state index contributed by atoms with van der Waals surface area (Å²) in [5.41, 5.74) is 0.855. The van der Waals surface area contributed by atoms with Crippen molar-refractivity contribution in [2.75, 3.05) is 19.6 Å². The Morgan fingerprint density at radius 1 is 1.45 bits per heavy atom. The topological polar surface area (TPSA) is 69.6 Å². The van der Waals surface area contributed by atoms with Crippen LogP contribution in [0.15, 0.2) is 24.3 Å². The molecule has 2 N–H and O–H groups in total. The number of halogens is 1. The van der Waals surface area contributed by atoms with Crippen molar-refractivity contribution in [3.8, 4) is 0 Å². The average molecular weight is 280 g/mol. The monoisotopic (exact) mass is 280 g/mol. The maximum absolute atomic E-state index is 13.3. The van der Waals surface area contributed by atoms with Crippen molar-refractivity contribution < 1.29 is 19.1 Å². The van der Waals surface area contributed by atoms with Crippen molar-refractivity contribution >= 4 is 11.9 Å². The van der Waals surface area contributed by atoms with Crippen LogP contribution in [0.1, 0.15) is 24.4 Å². The third-order valence-electron chi connectivity index (χ3n) is 3.38. The summed E-state index contributed by atoms with van der Waals surface area (Å²) in [5, 5.41) is 10.9. The average Bonchev–Trinajstić information content (AvgIpc) is 2.84. The summed E-state index contributed by atoms with van der Waals surface area (Å²) in [4.78, 5) is 24.0. The minimum absolute atomic E-state index is 0.0151. The van der Waals surface area contributed by atoms with Gasteiger partial charge < -0.3 is 10.4 Å². The Bertz CT molecular complexity index is 507. The van der Waals surface area contributed by atoms with Crippen molar-refractivity contribution in [2.45, 2.75) is 18.9 Å². The molecule has 6 heteroatoms. The number of rotatable bonds is 5. The van der Waals surface area contributed by atoms with E-state index in [1.54, 1.807) is 6.07 Å². The predicted molar refractivity (Wildman–Crippen MR) is 70.6 cm³/mol. The van der Waals surface area contributed by atoms with Crippen LogP contribution in [0.4, 0.5) is 4.39 Å². The molecule has 0 aliphatic carbocycles. The van der Waals surface area contributed by atoms with Gasteiger partial charge in [0.05, 0.1) is 6.54 Å². The van der Waals surface area contributed by atoms with Crippen LogP contribution in [-0.4, -0.2) is 41.5 Å². The number of carbonyl (C=O) groups is 2. The van der Waals surface area contributed by atoms with Gasteiger partial charge in [-0.15, -0.1) is 0 Å². The molecule has 5 nitrogen and oxygen atoms in total. The first kappa shape index (κ1) is 14.5. The molecule has 1 saturated heterocycles. The normalized spacial score (nSPS) is 18.9. The van der Waals surface area contributed by atoms with Gasteiger partial charge in [0.2, 0.25) is 5.91 Å². The second-order valence-corrected chi connectivity index (χ2v) is 4.85. The van der Waals surface area contributed by atoms with Crippen molar-refractivity contribution in [3.63, 3.8) is 0 Å². The van der Waals surface area contributed by atoms with E-state index in [0.717, 1.165) is 24.9 Å². The molecule has 1 aromatic rings. The van der Waals surface area contributed by atoms with Crippen LogP contribution in [0.25, 0.3) is 0 Å². The zero-order valence-corrected chi connectivity index (χ0v) is 11.0. The van der Waals surface area contributed by atoms with Gasteiger partial charge >= 0.3 is 5.97 Å². The molecule has 0 saturated carbocycles. The van der Waals surface area contributed by atoms with Crippen LogP contribution >= 0.6 is 0 Å². The Labute approximate surface area is 116 Å². The van der Waals surface area contributed by atoms with Crippen LogP contribution in [0, 0.1) is 5.82 Å². The highest BCUT2D eigenvalue weighted by molar-refractivity contribution is 5.82. The molecule has 1 aliphatic rings. The van der Waals surface area contributed by atoms with E-state index in [2.05, 4.69) is 5.32 Å². The fraction of sp³-hybridized carbons (Fsp3) is 0.429. The highest BCUT2D eigenvalue weighted by atomic mass is 19.1. The van der Waals surface area contributed by atoms with Gasteiger partial charge in [-0.25, -0.2) is 4.39 Å². The van der Waals surface area contributed by atoms with Crippen molar-refractivity contribution in [1.29, 1.82) is 0 Å². The molecule has 1 unspecified atom stereocenters. The summed E-state index contributed by atoms with van der Waals surface area (Å²) in [6.07, 6.45) is 1.81. The fourth-order valence-electron chi connectivity index (χ4n) is 2.52. The Morgan fingerprint density at radius 3 is 2.95 bits per heavy atom. The lowest BCUT2D eigenvalue weighted by Gasteiger charge is -2.24. The minimum atomic E-state index is -1.07. The molecule has 1 aliphatic heterocycles. The number of amides is 1. The first-order chi connectivity index (χ1) is 9.56. The number of carbonyl (C=O) groups excluding carboxylic acids is 1. The van der Waals surface area contributed by atoms with E-state index in [9.17, 15) is 14.0 Å². The summed E-state index contributed by atoms with van der Waals surface area (Å²) in [6, 6.07) is 6.40. The third kappa shape index (κ3) is 3.77. The first-order valence-electron chi connectivity index (χ1n) is 6.54. The van der Waals surface area contributed by atoms with Crippen LogP contribution in [0.2, 0.25) is 0 Å². The van der Waals surface area contributed by atoms with Gasteiger partial charge in [0.15, 0.2) is 0 Å². The number of nitrogens with zero attached hydrogens (tertiary/aromatic N) is 1. The number of nitrogens with one attached hydrogen (secondary N) is 1. The van der Waals surface area contributed by atoms with Crippen LogP contribution in [0.5, 0.6) is 0 Å². The first-order valence-corrected chi connectivity index (χ1v) is 6.54. The SMILES string of the molecule is O=C(O)CNC(=O)CN1CCCC1c1cccc(F)c1. The van der Waals surface area contributed by atoms with Gasteiger partial charge in [0.25, 0.3) is 0 Å². The molecule has 0 aromatic heterocycles. The van der Waals surface area contributed by atoms with E-state index in [1.807, 2.05) is 11.0 Å². The Balaban J connectivity index is 1.97. The predicted octanol–water partition coefficient (Wildman–Crippen LogP) is 1.16. The number of likely N-dealkylation sites (tertiary alicyclic amines) is 1. The van der Waals surface area contributed by atoms with Gasteiger partial charge in [-0.3, -0.25) is 14.5 Å². The lowest BCUT2D eigenvalue weighted by molar-refractivity contribution is -0.138. The van der Waals surface area contributed by atoms with Gasteiger partial charge in [0.1, 0.15) is 12.4 Å². The molecule has 0 bridgehead atoms. The van der Waals surface area contributed by atoms with E-state index in [4.69, 9.17) is 5.11 Å². The zero-order valence-electron chi connectivity index (χ0n) is 11.0. The fourth-order valence-corrected chi connectivity index (χ4v) is 2.52.